The minimum Gasteiger partial charge on any atom is -0.309 e. The van der Waals surface area contributed by atoms with Crippen LogP contribution in [0.1, 0.15) is 0 Å². The number of nitrogens with zero attached hydrogens (tertiary/aromatic N) is 4. The van der Waals surface area contributed by atoms with Crippen LogP contribution in [0.4, 0.5) is 0 Å². The van der Waals surface area contributed by atoms with Gasteiger partial charge in [0.05, 0.1) is 33.3 Å². The lowest BCUT2D eigenvalue weighted by atomic mass is 9.99. The zero-order valence-corrected chi connectivity index (χ0v) is 29.1. The summed E-state index contributed by atoms with van der Waals surface area (Å²) in [6, 6.07) is 65.6. The van der Waals surface area contributed by atoms with Crippen LogP contribution >= 0.6 is 0 Å². The predicted octanol–water partition coefficient (Wildman–Crippen LogP) is 13.0. The lowest BCUT2D eigenvalue weighted by Crippen LogP contribution is -2.04. The molecule has 0 aliphatic rings. The van der Waals surface area contributed by atoms with Gasteiger partial charge < -0.3 is 4.57 Å². The maximum absolute atomic E-state index is 5.47. The van der Waals surface area contributed by atoms with Gasteiger partial charge in [-0.1, -0.05) is 127 Å². The van der Waals surface area contributed by atoms with Crippen LogP contribution in [0.2, 0.25) is 0 Å². The van der Waals surface area contributed by atoms with E-state index in [1.807, 2.05) is 0 Å². The number of rotatable bonds is 3. The van der Waals surface area contributed by atoms with E-state index in [-0.39, 0.29) is 0 Å². The summed E-state index contributed by atoms with van der Waals surface area (Å²) >= 11 is 0. The predicted molar refractivity (Wildman–Crippen MR) is 226 cm³/mol. The second-order valence-corrected chi connectivity index (χ2v) is 14.2. The molecule has 0 saturated heterocycles. The smallest absolute Gasteiger partial charge is 0.235 e. The molecule has 0 aliphatic heterocycles. The van der Waals surface area contributed by atoms with Crippen LogP contribution in [-0.2, 0) is 0 Å². The average Bonchev–Trinajstić information content (AvgIpc) is 3.72. The minimum absolute atomic E-state index is 0.656. The summed E-state index contributed by atoms with van der Waals surface area (Å²) in [7, 11) is 0. The fourth-order valence-corrected chi connectivity index (χ4v) is 8.78. The maximum Gasteiger partial charge on any atom is 0.235 e. The highest BCUT2D eigenvalue weighted by molar-refractivity contribution is 6.16. The summed E-state index contributed by atoms with van der Waals surface area (Å²) in [5, 5.41) is 13.1. The molecule has 3 aromatic heterocycles. The van der Waals surface area contributed by atoms with Crippen LogP contribution in [0.3, 0.4) is 0 Å². The van der Waals surface area contributed by atoms with Crippen LogP contribution in [0, 0.1) is 0 Å². The van der Waals surface area contributed by atoms with Crippen molar-refractivity contribution in [2.75, 3.05) is 0 Å². The molecule has 0 unspecified atom stereocenters. The zero-order valence-electron chi connectivity index (χ0n) is 29.1. The van der Waals surface area contributed by atoms with Gasteiger partial charge in [-0.15, -0.1) is 0 Å². The Morgan fingerprint density at radius 2 is 0.852 bits per heavy atom. The second kappa shape index (κ2) is 11.1. The van der Waals surface area contributed by atoms with Crippen molar-refractivity contribution >= 4 is 86.8 Å². The first kappa shape index (κ1) is 29.3. The van der Waals surface area contributed by atoms with Crippen LogP contribution in [0.5, 0.6) is 0 Å². The Balaban J connectivity index is 1.18. The number of hydrogen-bond donors (Lipinski definition) is 0. The Bertz CT molecular complexity index is 3510. The second-order valence-electron chi connectivity index (χ2n) is 14.2. The van der Waals surface area contributed by atoms with E-state index in [2.05, 4.69) is 191 Å². The molecule has 54 heavy (non-hydrogen) atoms. The van der Waals surface area contributed by atoms with Gasteiger partial charge in [-0.05, 0) is 86.9 Å². The van der Waals surface area contributed by atoms with Gasteiger partial charge in [-0.25, -0.2) is 9.97 Å². The molecule has 9 aromatic carbocycles. The fourth-order valence-electron chi connectivity index (χ4n) is 8.78. The average molecular weight is 687 g/mol. The van der Waals surface area contributed by atoms with E-state index in [9.17, 15) is 0 Å². The summed E-state index contributed by atoms with van der Waals surface area (Å²) in [5.41, 5.74) is 8.58. The lowest BCUT2D eigenvalue weighted by Gasteiger charge is -2.13. The van der Waals surface area contributed by atoms with Crippen LogP contribution in [-0.4, -0.2) is 19.1 Å². The van der Waals surface area contributed by atoms with Gasteiger partial charge >= 0.3 is 0 Å². The Hall–Kier alpha value is -7.30. The first-order valence-corrected chi connectivity index (χ1v) is 18.4. The van der Waals surface area contributed by atoms with Gasteiger partial charge in [0.2, 0.25) is 5.95 Å². The summed E-state index contributed by atoms with van der Waals surface area (Å²) in [5.74, 6) is 0.656. The molecule has 12 aromatic rings. The maximum atomic E-state index is 5.47. The molecule has 0 atom stereocenters. The van der Waals surface area contributed by atoms with Gasteiger partial charge in [-0.3, -0.25) is 4.57 Å². The van der Waals surface area contributed by atoms with Crippen molar-refractivity contribution < 1.29 is 0 Å². The van der Waals surface area contributed by atoms with Crippen LogP contribution in [0.25, 0.3) is 110 Å². The number of para-hydroxylation sites is 2. The molecule has 0 bridgehead atoms. The summed E-state index contributed by atoms with van der Waals surface area (Å²) in [6.45, 7) is 0. The van der Waals surface area contributed by atoms with Gasteiger partial charge in [0.1, 0.15) is 0 Å². The van der Waals surface area contributed by atoms with E-state index in [4.69, 9.17) is 9.97 Å². The normalized spacial score (nSPS) is 12.1. The van der Waals surface area contributed by atoms with Gasteiger partial charge in [0.25, 0.3) is 0 Å². The number of hydrogen-bond acceptors (Lipinski definition) is 2. The Morgan fingerprint density at radius 1 is 0.315 bits per heavy atom. The molecule has 0 spiro atoms. The van der Waals surface area contributed by atoms with E-state index in [1.165, 1.54) is 59.5 Å². The Kier molecular flexibility index (Phi) is 6.02. The zero-order chi connectivity index (χ0) is 35.3. The van der Waals surface area contributed by atoms with Crippen LogP contribution < -0.4 is 0 Å². The molecule has 0 fully saturated rings. The highest BCUT2D eigenvalue weighted by atomic mass is 15.2. The first-order valence-electron chi connectivity index (χ1n) is 18.4. The van der Waals surface area contributed by atoms with E-state index >= 15 is 0 Å². The Labute approximate surface area is 309 Å². The van der Waals surface area contributed by atoms with Crippen LogP contribution in [0.15, 0.2) is 182 Å². The molecular formula is C50H30N4. The minimum atomic E-state index is 0.656. The number of fused-ring (bicyclic) bond motifs is 10. The van der Waals surface area contributed by atoms with Crippen molar-refractivity contribution in [3.8, 4) is 22.9 Å². The van der Waals surface area contributed by atoms with Crippen molar-refractivity contribution in [1.29, 1.82) is 0 Å². The molecule has 0 aliphatic carbocycles. The third-order valence-corrected chi connectivity index (χ3v) is 11.3. The standard InChI is InChI=1S/C50H30N4/c1-3-15-34-28-47-41(26-32(34)13-1)38-19-8-10-23-45(38)53(47)36-24-25-46-43(30-36)42-27-33-14-2-4-16-35(33)29-48(42)54(46)50-51-44-22-9-7-20-40(44)49(52-50)39-21-11-17-31-12-5-6-18-37(31)39/h1-30H. The van der Waals surface area contributed by atoms with Crippen molar-refractivity contribution in [2.24, 2.45) is 0 Å². The molecule has 12 rings (SSSR count). The van der Waals surface area contributed by atoms with Crippen molar-refractivity contribution in [3.63, 3.8) is 0 Å². The third kappa shape index (κ3) is 4.19. The molecule has 4 nitrogen and oxygen atoms in total. The fraction of sp³-hybridized carbons (Fsp3) is 0. The summed E-state index contributed by atoms with van der Waals surface area (Å²) < 4.78 is 4.69. The van der Waals surface area contributed by atoms with E-state index in [0.29, 0.717) is 5.95 Å². The summed E-state index contributed by atoms with van der Waals surface area (Å²) in [4.78, 5) is 10.8. The van der Waals surface area contributed by atoms with Crippen molar-refractivity contribution in [1.82, 2.24) is 19.1 Å². The molecule has 3 heterocycles. The monoisotopic (exact) mass is 686 g/mol. The van der Waals surface area contributed by atoms with Gasteiger partial charge in [-0.2, -0.15) is 0 Å². The largest absolute Gasteiger partial charge is 0.309 e. The molecular weight excluding hydrogens is 657 g/mol. The Morgan fingerprint density at radius 3 is 1.61 bits per heavy atom. The molecule has 4 heteroatoms. The van der Waals surface area contributed by atoms with E-state index in [1.54, 1.807) is 0 Å². The van der Waals surface area contributed by atoms with Gasteiger partial charge in [0, 0.05) is 38.2 Å². The first-order chi connectivity index (χ1) is 26.8. The lowest BCUT2D eigenvalue weighted by molar-refractivity contribution is 1.01. The molecule has 0 N–H and O–H groups in total. The molecule has 0 saturated carbocycles. The highest BCUT2D eigenvalue weighted by Gasteiger charge is 2.21. The number of aromatic nitrogens is 4. The quantitative estimate of drug-likeness (QED) is 0.185. The third-order valence-electron chi connectivity index (χ3n) is 11.3. The summed E-state index contributed by atoms with van der Waals surface area (Å²) in [6.07, 6.45) is 0. The van der Waals surface area contributed by atoms with Crippen molar-refractivity contribution in [2.45, 2.75) is 0 Å². The van der Waals surface area contributed by atoms with E-state index in [0.717, 1.165) is 44.3 Å². The van der Waals surface area contributed by atoms with Gasteiger partial charge in [0.15, 0.2) is 0 Å². The molecule has 0 amide bonds. The number of benzene rings is 9. The van der Waals surface area contributed by atoms with E-state index < -0.39 is 0 Å². The highest BCUT2D eigenvalue weighted by Crippen LogP contribution is 2.40. The topological polar surface area (TPSA) is 35.6 Å². The molecule has 250 valence electrons. The molecule has 0 radical (unpaired) electrons. The van der Waals surface area contributed by atoms with Crippen molar-refractivity contribution in [3.05, 3.63) is 182 Å². The SMILES string of the molecule is c1ccc2cc3c(cc2c1)c1ccccc1n3-c1ccc2c(c1)c1cc3ccccc3cc1n2-c1nc(-c2cccc3ccccc23)c2ccccc2n1.